The lowest BCUT2D eigenvalue weighted by Gasteiger charge is -2.30. The molecule has 1 heterocycles. The van der Waals surface area contributed by atoms with Crippen LogP contribution in [-0.4, -0.2) is 0 Å². The number of rotatable bonds is 2. The van der Waals surface area contributed by atoms with Crippen LogP contribution in [0.5, 0.6) is 0 Å². The Morgan fingerprint density at radius 1 is 0.269 bits per heavy atom. The number of fused-ring (bicyclic) bond motifs is 6. The highest BCUT2D eigenvalue weighted by Gasteiger charge is 2.30. The molecule has 8 aromatic rings. The maximum Gasteiger partial charge on any atom is 0.136 e. The molecule has 52 heavy (non-hydrogen) atoms. The fraction of sp³-hybridized carbons (Fsp3) is 0.294. The summed E-state index contributed by atoms with van der Waals surface area (Å²) in [6.07, 6.45) is 0. The van der Waals surface area contributed by atoms with Gasteiger partial charge in [0.25, 0.3) is 0 Å². The minimum Gasteiger partial charge on any atom is -0.456 e. The summed E-state index contributed by atoms with van der Waals surface area (Å²) in [6, 6.07) is 15.2. The molecule has 0 radical (unpaired) electrons. The van der Waals surface area contributed by atoms with E-state index in [1.807, 2.05) is 0 Å². The Labute approximate surface area is 309 Å². The van der Waals surface area contributed by atoms with E-state index < -0.39 is 0 Å². The molecule has 0 atom stereocenters. The third kappa shape index (κ3) is 4.23. The summed E-state index contributed by atoms with van der Waals surface area (Å²) in [7, 11) is 0. The molecule has 0 bridgehead atoms. The van der Waals surface area contributed by atoms with Crippen LogP contribution < -0.4 is 0 Å². The van der Waals surface area contributed by atoms with Gasteiger partial charge in [-0.25, -0.2) is 0 Å². The van der Waals surface area contributed by atoms with Crippen molar-refractivity contribution in [3.05, 3.63) is 126 Å². The quantitative estimate of drug-likeness (QED) is 0.166. The van der Waals surface area contributed by atoms with Gasteiger partial charge in [-0.3, -0.25) is 0 Å². The molecule has 0 unspecified atom stereocenters. The monoisotopic (exact) mass is 680 g/mol. The zero-order chi connectivity index (χ0) is 37.4. The summed E-state index contributed by atoms with van der Waals surface area (Å²) < 4.78 is 6.55. The average Bonchev–Trinajstić information content (AvgIpc) is 3.52. The molecule has 0 amide bonds. The third-order valence-electron chi connectivity index (χ3n) is 14.0. The molecular formula is C51H52O. The van der Waals surface area contributed by atoms with Crippen LogP contribution in [0.3, 0.4) is 0 Å². The van der Waals surface area contributed by atoms with Crippen molar-refractivity contribution in [2.45, 2.75) is 104 Å². The SMILES string of the molecule is Cc1c(C)c(C)c2c(C)c(-c3c4c(C)c(C)c(C)c(C)c4c(-c4cccc5oc6ccccc6c45)c4c(C)c(C)c(C)c(C)c34)c(C)c(C)c2c1C. The van der Waals surface area contributed by atoms with Gasteiger partial charge in [-0.05, 0) is 254 Å². The first-order valence-corrected chi connectivity index (χ1v) is 19.0. The standard InChI is InChI=1S/C51H52O/c1-23-24(2)30(8)43-37(15)44(36(14)35(13)42(43)29(23)7)51-47-33(11)27(5)25(3)31(9)45(47)50(46-32(10)26(4)28(6)34(12)48(46)51)39-20-18-22-41-49(39)38-19-16-17-21-40(38)52-41/h16-22H,1-15H3. The second kappa shape index (κ2) is 11.6. The van der Waals surface area contributed by atoms with Crippen LogP contribution in [0.15, 0.2) is 46.9 Å². The maximum atomic E-state index is 6.55. The van der Waals surface area contributed by atoms with Gasteiger partial charge >= 0.3 is 0 Å². The van der Waals surface area contributed by atoms with E-state index >= 15 is 0 Å². The molecule has 1 nitrogen and oxygen atoms in total. The summed E-state index contributed by atoms with van der Waals surface area (Å²) in [6.45, 7) is 35.2. The summed E-state index contributed by atoms with van der Waals surface area (Å²) in [5.41, 5.74) is 28.1. The fourth-order valence-corrected chi connectivity index (χ4v) is 10.0. The van der Waals surface area contributed by atoms with E-state index in [0.29, 0.717) is 0 Å². The number of para-hydroxylation sites is 1. The minimum atomic E-state index is 0.934. The molecule has 0 fully saturated rings. The smallest absolute Gasteiger partial charge is 0.136 e. The molecule has 8 rings (SSSR count). The van der Waals surface area contributed by atoms with Crippen molar-refractivity contribution in [1.29, 1.82) is 0 Å². The van der Waals surface area contributed by atoms with Gasteiger partial charge in [0.1, 0.15) is 11.2 Å². The molecule has 0 aliphatic heterocycles. The number of furan rings is 1. The number of hydrogen-bond donors (Lipinski definition) is 0. The topological polar surface area (TPSA) is 13.1 Å². The lowest BCUT2D eigenvalue weighted by Crippen LogP contribution is -2.06. The van der Waals surface area contributed by atoms with Crippen LogP contribution in [0.1, 0.15) is 83.5 Å². The molecular weight excluding hydrogens is 629 g/mol. The number of aryl methyl sites for hydroxylation is 8. The van der Waals surface area contributed by atoms with Gasteiger partial charge in [0, 0.05) is 10.8 Å². The second-order valence-electron chi connectivity index (χ2n) is 16.0. The summed E-state index contributed by atoms with van der Waals surface area (Å²) in [4.78, 5) is 0. The Bertz CT molecular complexity index is 2840. The van der Waals surface area contributed by atoms with Gasteiger partial charge in [-0.2, -0.15) is 0 Å². The average molecular weight is 681 g/mol. The predicted octanol–water partition coefficient (Wildman–Crippen LogP) is 15.0. The van der Waals surface area contributed by atoms with E-state index in [0.717, 1.165) is 11.2 Å². The largest absolute Gasteiger partial charge is 0.456 e. The van der Waals surface area contributed by atoms with E-state index in [-0.39, 0.29) is 0 Å². The van der Waals surface area contributed by atoms with Crippen LogP contribution in [0, 0.1) is 104 Å². The van der Waals surface area contributed by atoms with E-state index in [1.165, 1.54) is 149 Å². The lowest BCUT2D eigenvalue weighted by molar-refractivity contribution is 0.669. The lowest BCUT2D eigenvalue weighted by atomic mass is 9.74. The molecule has 0 N–H and O–H groups in total. The molecule has 0 saturated heterocycles. The van der Waals surface area contributed by atoms with Crippen LogP contribution in [-0.2, 0) is 0 Å². The molecule has 0 spiro atoms. The van der Waals surface area contributed by atoms with Gasteiger partial charge in [0.2, 0.25) is 0 Å². The van der Waals surface area contributed by atoms with Gasteiger partial charge in [-0.1, -0.05) is 30.3 Å². The molecule has 0 aliphatic carbocycles. The first-order valence-electron chi connectivity index (χ1n) is 19.0. The Morgan fingerprint density at radius 3 is 1.15 bits per heavy atom. The summed E-state index contributed by atoms with van der Waals surface area (Å²) >= 11 is 0. The molecule has 0 aliphatic rings. The van der Waals surface area contributed by atoms with Crippen molar-refractivity contribution in [1.82, 2.24) is 0 Å². The first kappa shape index (κ1) is 34.2. The minimum absolute atomic E-state index is 0.934. The molecule has 262 valence electrons. The highest BCUT2D eigenvalue weighted by Crippen LogP contribution is 2.54. The number of hydrogen-bond acceptors (Lipinski definition) is 1. The third-order valence-corrected chi connectivity index (χ3v) is 14.0. The van der Waals surface area contributed by atoms with Gasteiger partial charge < -0.3 is 4.42 Å². The fourth-order valence-electron chi connectivity index (χ4n) is 10.0. The van der Waals surface area contributed by atoms with E-state index in [2.05, 4.69) is 146 Å². The van der Waals surface area contributed by atoms with Crippen molar-refractivity contribution in [3.8, 4) is 22.3 Å². The Hall–Kier alpha value is -4.88. The molecule has 1 heteroatoms. The zero-order valence-electron chi connectivity index (χ0n) is 33.9. The van der Waals surface area contributed by atoms with Gasteiger partial charge in [-0.15, -0.1) is 0 Å². The first-order chi connectivity index (χ1) is 24.6. The highest BCUT2D eigenvalue weighted by molar-refractivity contribution is 6.29. The van der Waals surface area contributed by atoms with Crippen molar-refractivity contribution in [2.75, 3.05) is 0 Å². The Morgan fingerprint density at radius 2 is 0.654 bits per heavy atom. The zero-order valence-corrected chi connectivity index (χ0v) is 33.9. The summed E-state index contributed by atoms with van der Waals surface area (Å²) in [5, 5.41) is 10.8. The van der Waals surface area contributed by atoms with E-state index in [1.54, 1.807) is 0 Å². The molecule has 0 saturated carbocycles. The summed E-state index contributed by atoms with van der Waals surface area (Å²) in [5.74, 6) is 0. The molecule has 7 aromatic carbocycles. The molecule has 1 aromatic heterocycles. The highest BCUT2D eigenvalue weighted by atomic mass is 16.3. The maximum absolute atomic E-state index is 6.55. The van der Waals surface area contributed by atoms with E-state index in [4.69, 9.17) is 4.42 Å². The Kier molecular flexibility index (Phi) is 7.61. The van der Waals surface area contributed by atoms with Gasteiger partial charge in [0.15, 0.2) is 0 Å². The van der Waals surface area contributed by atoms with Crippen molar-refractivity contribution >= 4 is 54.3 Å². The van der Waals surface area contributed by atoms with Crippen molar-refractivity contribution in [2.24, 2.45) is 0 Å². The predicted molar refractivity (Wildman–Crippen MR) is 228 cm³/mol. The second-order valence-corrected chi connectivity index (χ2v) is 16.0. The van der Waals surface area contributed by atoms with Crippen molar-refractivity contribution < 1.29 is 4.42 Å². The normalized spacial score (nSPS) is 12.1. The Balaban J connectivity index is 1.76. The van der Waals surface area contributed by atoms with Crippen LogP contribution >= 0.6 is 0 Å². The number of benzene rings is 7. The van der Waals surface area contributed by atoms with Crippen LogP contribution in [0.2, 0.25) is 0 Å². The van der Waals surface area contributed by atoms with E-state index in [9.17, 15) is 0 Å². The van der Waals surface area contributed by atoms with Crippen LogP contribution in [0.25, 0.3) is 76.5 Å². The van der Waals surface area contributed by atoms with Gasteiger partial charge in [0.05, 0.1) is 0 Å². The van der Waals surface area contributed by atoms with Crippen LogP contribution in [0.4, 0.5) is 0 Å². The van der Waals surface area contributed by atoms with Crippen molar-refractivity contribution in [3.63, 3.8) is 0 Å².